The summed E-state index contributed by atoms with van der Waals surface area (Å²) in [6.07, 6.45) is 3.81. The summed E-state index contributed by atoms with van der Waals surface area (Å²) in [6.45, 7) is 1.89. The molecule has 0 spiro atoms. The van der Waals surface area contributed by atoms with Gasteiger partial charge in [-0.2, -0.15) is 0 Å². The largest absolute Gasteiger partial charge is 0.366 e. The van der Waals surface area contributed by atoms with Crippen LogP contribution in [0.2, 0.25) is 0 Å². The van der Waals surface area contributed by atoms with E-state index >= 15 is 0 Å². The molecule has 1 aromatic heterocycles. The third kappa shape index (κ3) is 5.36. The number of nitrogens with zero attached hydrogens (tertiary/aromatic N) is 2. The van der Waals surface area contributed by atoms with Crippen LogP contribution in [-0.2, 0) is 4.79 Å². The van der Waals surface area contributed by atoms with Crippen LogP contribution in [0.25, 0.3) is 11.1 Å². The number of primary amides is 1. The van der Waals surface area contributed by atoms with Crippen molar-refractivity contribution in [3.8, 4) is 11.1 Å². The van der Waals surface area contributed by atoms with Crippen molar-refractivity contribution in [1.29, 1.82) is 0 Å². The molecule has 0 saturated carbocycles. The fraction of sp³-hybridized carbons (Fsp3) is 0.240. The number of hydrogen-bond donors (Lipinski definition) is 2. The van der Waals surface area contributed by atoms with Crippen molar-refractivity contribution in [2.45, 2.75) is 18.8 Å². The maximum Gasteiger partial charge on any atom is 0.248 e. The Hall–Kier alpha value is -3.58. The van der Waals surface area contributed by atoms with Crippen molar-refractivity contribution >= 4 is 17.5 Å². The van der Waals surface area contributed by atoms with Gasteiger partial charge in [0, 0.05) is 41.2 Å². The van der Waals surface area contributed by atoms with Crippen molar-refractivity contribution in [2.75, 3.05) is 25.0 Å². The number of aromatic nitrogens is 1. The molecule has 0 radical (unpaired) electrons. The molecule has 32 heavy (non-hydrogen) atoms. The summed E-state index contributed by atoms with van der Waals surface area (Å²) in [5.41, 5.74) is 9.23. The number of carbonyl (C=O) groups excluding carboxylic acids is 2. The maximum absolute atomic E-state index is 13.0. The van der Waals surface area contributed by atoms with Gasteiger partial charge >= 0.3 is 0 Å². The molecule has 1 aliphatic rings. The molecule has 3 N–H and O–H groups in total. The first-order valence-electron chi connectivity index (χ1n) is 10.6. The number of nitrogens with one attached hydrogen (secondary N) is 1. The van der Waals surface area contributed by atoms with Gasteiger partial charge in [-0.25, -0.2) is 4.39 Å². The van der Waals surface area contributed by atoms with E-state index in [-0.39, 0.29) is 24.2 Å². The number of carbonyl (C=O) groups is 2. The number of nitrogens with two attached hydrogens (primary N) is 1. The van der Waals surface area contributed by atoms with E-state index in [9.17, 15) is 14.0 Å². The molecule has 0 bridgehead atoms. The van der Waals surface area contributed by atoms with Gasteiger partial charge in [-0.1, -0.05) is 18.2 Å². The van der Waals surface area contributed by atoms with E-state index in [0.717, 1.165) is 42.8 Å². The van der Waals surface area contributed by atoms with E-state index in [1.54, 1.807) is 30.3 Å². The number of pyridine rings is 1. The van der Waals surface area contributed by atoms with Crippen LogP contribution < -0.4 is 11.1 Å². The van der Waals surface area contributed by atoms with Crippen LogP contribution in [-0.4, -0.2) is 41.3 Å². The van der Waals surface area contributed by atoms with Crippen LogP contribution in [0, 0.1) is 5.82 Å². The third-order valence-corrected chi connectivity index (χ3v) is 5.69. The summed E-state index contributed by atoms with van der Waals surface area (Å²) in [6, 6.07) is 17.0. The van der Waals surface area contributed by atoms with Crippen molar-refractivity contribution in [3.05, 3.63) is 83.9 Å². The molecule has 0 unspecified atom stereocenters. The lowest BCUT2D eigenvalue weighted by Crippen LogP contribution is -2.40. The molecule has 1 atom stereocenters. The van der Waals surface area contributed by atoms with Crippen molar-refractivity contribution in [1.82, 2.24) is 9.88 Å². The molecular formula is C25H25FN4O2. The second-order valence-electron chi connectivity index (χ2n) is 8.05. The maximum atomic E-state index is 13.0. The van der Waals surface area contributed by atoms with Gasteiger partial charge in [-0.05, 0) is 67.4 Å². The summed E-state index contributed by atoms with van der Waals surface area (Å²) >= 11 is 0. The summed E-state index contributed by atoms with van der Waals surface area (Å²) in [4.78, 5) is 30.6. The third-order valence-electron chi connectivity index (χ3n) is 5.69. The van der Waals surface area contributed by atoms with E-state index in [1.165, 1.54) is 12.1 Å². The predicted octanol–water partition coefficient (Wildman–Crippen LogP) is 3.80. The summed E-state index contributed by atoms with van der Waals surface area (Å²) < 4.78 is 13.0. The van der Waals surface area contributed by atoms with Gasteiger partial charge in [0.1, 0.15) is 5.82 Å². The molecule has 0 aliphatic carbocycles. The molecule has 2 amide bonds. The first-order chi connectivity index (χ1) is 15.5. The van der Waals surface area contributed by atoms with Gasteiger partial charge < -0.3 is 11.1 Å². The number of benzene rings is 2. The van der Waals surface area contributed by atoms with Crippen LogP contribution >= 0.6 is 0 Å². The number of piperidine rings is 1. The Morgan fingerprint density at radius 1 is 1.09 bits per heavy atom. The molecule has 2 aromatic carbocycles. The van der Waals surface area contributed by atoms with Gasteiger partial charge in [0.25, 0.3) is 0 Å². The molecule has 1 saturated heterocycles. The monoisotopic (exact) mass is 432 g/mol. The zero-order valence-corrected chi connectivity index (χ0v) is 17.6. The second-order valence-corrected chi connectivity index (χ2v) is 8.05. The highest BCUT2D eigenvalue weighted by Crippen LogP contribution is 2.27. The Labute approximate surface area is 186 Å². The molecule has 6 nitrogen and oxygen atoms in total. The lowest BCUT2D eigenvalue weighted by molar-refractivity contribution is -0.117. The molecular weight excluding hydrogens is 407 g/mol. The van der Waals surface area contributed by atoms with Crippen LogP contribution in [0.1, 0.15) is 34.8 Å². The minimum Gasteiger partial charge on any atom is -0.366 e. The minimum atomic E-state index is -0.456. The Bertz CT molecular complexity index is 1100. The Morgan fingerprint density at radius 2 is 1.91 bits per heavy atom. The number of halogens is 1. The smallest absolute Gasteiger partial charge is 0.248 e. The molecule has 1 fully saturated rings. The van der Waals surface area contributed by atoms with Crippen LogP contribution in [0.15, 0.2) is 66.9 Å². The molecule has 164 valence electrons. The van der Waals surface area contributed by atoms with Crippen molar-refractivity contribution < 1.29 is 14.0 Å². The Balaban J connectivity index is 1.37. The van der Waals surface area contributed by atoms with Gasteiger partial charge in [0.2, 0.25) is 11.8 Å². The number of rotatable bonds is 6. The van der Waals surface area contributed by atoms with E-state index < -0.39 is 5.91 Å². The van der Waals surface area contributed by atoms with E-state index in [2.05, 4.69) is 15.2 Å². The fourth-order valence-electron chi connectivity index (χ4n) is 4.05. The van der Waals surface area contributed by atoms with Gasteiger partial charge in [0.05, 0.1) is 6.54 Å². The van der Waals surface area contributed by atoms with Crippen molar-refractivity contribution in [3.63, 3.8) is 0 Å². The van der Waals surface area contributed by atoms with Crippen LogP contribution in [0.4, 0.5) is 10.1 Å². The first-order valence-corrected chi connectivity index (χ1v) is 10.6. The number of hydrogen-bond acceptors (Lipinski definition) is 4. The van der Waals surface area contributed by atoms with Gasteiger partial charge in [-0.3, -0.25) is 19.5 Å². The zero-order valence-electron chi connectivity index (χ0n) is 17.6. The number of amides is 2. The normalized spacial score (nSPS) is 16.5. The fourth-order valence-corrected chi connectivity index (χ4v) is 4.05. The number of likely N-dealkylation sites (tertiary alicyclic amines) is 1. The minimum absolute atomic E-state index is 0.116. The zero-order chi connectivity index (χ0) is 22.5. The molecule has 4 rings (SSSR count). The molecule has 3 aromatic rings. The lowest BCUT2D eigenvalue weighted by Gasteiger charge is -2.32. The Morgan fingerprint density at radius 3 is 2.62 bits per heavy atom. The highest BCUT2D eigenvalue weighted by Gasteiger charge is 2.24. The topological polar surface area (TPSA) is 88.3 Å². The highest BCUT2D eigenvalue weighted by molar-refractivity contribution is 5.94. The lowest BCUT2D eigenvalue weighted by atomic mass is 9.93. The van der Waals surface area contributed by atoms with Gasteiger partial charge in [0.15, 0.2) is 0 Å². The average molecular weight is 432 g/mol. The number of anilines is 1. The summed E-state index contributed by atoms with van der Waals surface area (Å²) in [7, 11) is 0. The van der Waals surface area contributed by atoms with E-state index in [1.807, 2.05) is 24.4 Å². The standard InChI is InChI=1S/C25H25FN4O2/c26-21-7-9-22(10-8-21)29-24(31)16-30-12-2-5-20(15-30)23-11-6-19(14-28-23)17-3-1-4-18(13-17)25(27)32/h1,3-4,6-11,13-14,20H,2,5,12,15-16H2,(H2,27,32)(H,29,31)/t20-/m0/s1. The summed E-state index contributed by atoms with van der Waals surface area (Å²) in [5.74, 6) is -0.661. The summed E-state index contributed by atoms with van der Waals surface area (Å²) in [5, 5.41) is 2.81. The van der Waals surface area contributed by atoms with E-state index in [4.69, 9.17) is 5.73 Å². The average Bonchev–Trinajstić information content (AvgIpc) is 2.81. The molecule has 7 heteroatoms. The van der Waals surface area contributed by atoms with Crippen LogP contribution in [0.3, 0.4) is 0 Å². The first kappa shape index (κ1) is 21.6. The second kappa shape index (κ2) is 9.70. The van der Waals surface area contributed by atoms with Gasteiger partial charge in [-0.15, -0.1) is 0 Å². The SMILES string of the molecule is NC(=O)c1cccc(-c2ccc([C@H]3CCCN(CC(=O)Nc4ccc(F)cc4)C3)nc2)c1. The molecule has 1 aliphatic heterocycles. The van der Waals surface area contributed by atoms with E-state index in [0.29, 0.717) is 11.3 Å². The quantitative estimate of drug-likeness (QED) is 0.620. The van der Waals surface area contributed by atoms with Crippen molar-refractivity contribution in [2.24, 2.45) is 5.73 Å². The Kier molecular flexibility index (Phi) is 6.56. The molecule has 2 heterocycles. The van der Waals surface area contributed by atoms with Crippen LogP contribution in [0.5, 0.6) is 0 Å². The predicted molar refractivity (Wildman–Crippen MR) is 122 cm³/mol. The highest BCUT2D eigenvalue weighted by atomic mass is 19.1.